The summed E-state index contributed by atoms with van der Waals surface area (Å²) >= 11 is 0. The molecule has 0 fully saturated rings. The van der Waals surface area contributed by atoms with Gasteiger partial charge in [-0.25, -0.2) is 0 Å². The highest BCUT2D eigenvalue weighted by Crippen LogP contribution is 2.18. The van der Waals surface area contributed by atoms with E-state index in [0.717, 1.165) is 5.56 Å². The Morgan fingerprint density at radius 1 is 1.36 bits per heavy atom. The van der Waals surface area contributed by atoms with Gasteiger partial charge in [-0.15, -0.1) is 0 Å². The summed E-state index contributed by atoms with van der Waals surface area (Å²) in [6, 6.07) is 3.78. The second-order valence-electron chi connectivity index (χ2n) is 6.25. The van der Waals surface area contributed by atoms with E-state index in [4.69, 9.17) is 4.52 Å². The lowest BCUT2D eigenvalue weighted by Crippen LogP contribution is -2.22. The minimum Gasteiger partial charge on any atom is -0.352 e. The molecule has 0 saturated carbocycles. The predicted molar refractivity (Wildman–Crippen MR) is 82.0 cm³/mol. The smallest absolute Gasteiger partial charge is 0.226 e. The van der Waals surface area contributed by atoms with Crippen LogP contribution >= 0.6 is 0 Å². The number of pyridine rings is 1. The molecule has 2 heterocycles. The molecule has 118 valence electrons. The number of nitrogens with one attached hydrogen (secondary N) is 1. The first-order chi connectivity index (χ1) is 10.4. The van der Waals surface area contributed by atoms with Crippen LogP contribution < -0.4 is 5.32 Å². The summed E-state index contributed by atoms with van der Waals surface area (Å²) in [4.78, 5) is 20.1. The molecule has 2 aromatic heterocycles. The van der Waals surface area contributed by atoms with Gasteiger partial charge >= 0.3 is 0 Å². The fourth-order valence-corrected chi connectivity index (χ4v) is 1.85. The third-order valence-corrected chi connectivity index (χ3v) is 3.15. The third kappa shape index (κ3) is 4.95. The molecule has 0 aliphatic rings. The first-order valence-electron chi connectivity index (χ1n) is 7.44. The minimum absolute atomic E-state index is 0.0133. The van der Waals surface area contributed by atoms with Crippen molar-refractivity contribution in [3.63, 3.8) is 0 Å². The van der Waals surface area contributed by atoms with Gasteiger partial charge in [0.2, 0.25) is 11.8 Å². The van der Waals surface area contributed by atoms with Crippen molar-refractivity contribution in [3.05, 3.63) is 41.8 Å². The van der Waals surface area contributed by atoms with Crippen molar-refractivity contribution < 1.29 is 9.32 Å². The van der Waals surface area contributed by atoms with Crippen molar-refractivity contribution in [3.8, 4) is 0 Å². The normalized spacial score (nSPS) is 11.4. The maximum absolute atomic E-state index is 11.8. The first kappa shape index (κ1) is 16.1. The quantitative estimate of drug-likeness (QED) is 0.886. The topological polar surface area (TPSA) is 80.9 Å². The van der Waals surface area contributed by atoms with E-state index < -0.39 is 0 Å². The molecular formula is C16H22N4O2. The first-order valence-corrected chi connectivity index (χ1v) is 7.44. The summed E-state index contributed by atoms with van der Waals surface area (Å²) in [6.07, 6.45) is 5.19. The Morgan fingerprint density at radius 3 is 2.82 bits per heavy atom. The van der Waals surface area contributed by atoms with E-state index in [9.17, 15) is 4.79 Å². The van der Waals surface area contributed by atoms with E-state index in [0.29, 0.717) is 37.5 Å². The van der Waals surface area contributed by atoms with Crippen molar-refractivity contribution in [2.75, 3.05) is 0 Å². The number of hydrogen-bond acceptors (Lipinski definition) is 5. The van der Waals surface area contributed by atoms with Gasteiger partial charge in [0.05, 0.1) is 0 Å². The highest BCUT2D eigenvalue weighted by Gasteiger charge is 2.20. The maximum atomic E-state index is 11.8. The van der Waals surface area contributed by atoms with Crippen molar-refractivity contribution in [1.82, 2.24) is 20.4 Å². The molecule has 0 saturated heterocycles. The van der Waals surface area contributed by atoms with Crippen LogP contribution in [0.4, 0.5) is 0 Å². The summed E-state index contributed by atoms with van der Waals surface area (Å²) in [6.45, 7) is 6.61. The van der Waals surface area contributed by atoms with Gasteiger partial charge in [0.25, 0.3) is 0 Å². The van der Waals surface area contributed by atoms with E-state index in [2.05, 4.69) is 20.4 Å². The molecule has 2 aromatic rings. The average Bonchev–Trinajstić information content (AvgIpc) is 2.95. The number of hydrogen-bond donors (Lipinski definition) is 1. The lowest BCUT2D eigenvalue weighted by atomic mass is 9.96. The van der Waals surface area contributed by atoms with Gasteiger partial charge in [0, 0.05) is 37.2 Å². The molecule has 1 N–H and O–H groups in total. The molecular weight excluding hydrogens is 280 g/mol. The molecule has 0 spiro atoms. The fourth-order valence-electron chi connectivity index (χ4n) is 1.85. The Hall–Kier alpha value is -2.24. The molecule has 6 nitrogen and oxygen atoms in total. The number of aryl methyl sites for hydroxylation is 1. The van der Waals surface area contributed by atoms with Crippen LogP contribution in [0.1, 0.15) is 50.9 Å². The Balaban J connectivity index is 1.70. The van der Waals surface area contributed by atoms with E-state index in [1.807, 2.05) is 32.9 Å². The zero-order chi connectivity index (χ0) is 16.0. The van der Waals surface area contributed by atoms with Crippen molar-refractivity contribution in [2.24, 2.45) is 0 Å². The number of aromatic nitrogens is 3. The van der Waals surface area contributed by atoms with E-state index in [1.165, 1.54) is 0 Å². The predicted octanol–water partition coefficient (Wildman–Crippen LogP) is 2.40. The van der Waals surface area contributed by atoms with Crippen LogP contribution in [0, 0.1) is 0 Å². The molecule has 0 aromatic carbocycles. The Morgan fingerprint density at radius 2 is 2.18 bits per heavy atom. The van der Waals surface area contributed by atoms with Crippen molar-refractivity contribution in [1.29, 1.82) is 0 Å². The van der Waals surface area contributed by atoms with Crippen LogP contribution in [-0.4, -0.2) is 21.0 Å². The summed E-state index contributed by atoms with van der Waals surface area (Å²) in [5.74, 6) is 1.30. The summed E-state index contributed by atoms with van der Waals surface area (Å²) < 4.78 is 5.20. The average molecular weight is 302 g/mol. The van der Waals surface area contributed by atoms with Gasteiger partial charge in [-0.3, -0.25) is 9.78 Å². The molecule has 0 aliphatic heterocycles. The zero-order valence-corrected chi connectivity index (χ0v) is 13.3. The lowest BCUT2D eigenvalue weighted by Gasteiger charge is -2.10. The largest absolute Gasteiger partial charge is 0.352 e. The lowest BCUT2D eigenvalue weighted by molar-refractivity contribution is -0.121. The Bertz CT molecular complexity index is 602. The van der Waals surface area contributed by atoms with Crippen LogP contribution in [0.5, 0.6) is 0 Å². The molecule has 0 atom stereocenters. The summed E-state index contributed by atoms with van der Waals surface area (Å²) in [5.41, 5.74) is 0.866. The number of rotatable bonds is 6. The van der Waals surface area contributed by atoms with E-state index in [-0.39, 0.29) is 11.3 Å². The maximum Gasteiger partial charge on any atom is 0.226 e. The molecule has 0 radical (unpaired) electrons. The molecule has 22 heavy (non-hydrogen) atoms. The second kappa shape index (κ2) is 7.15. The fraction of sp³-hybridized carbons (Fsp3) is 0.500. The number of carbonyl (C=O) groups is 1. The highest BCUT2D eigenvalue weighted by molar-refractivity contribution is 5.75. The standard InChI is InChI=1S/C16H22N4O2/c1-16(2,3)15-19-14(22-20-15)8-4-7-13(21)18-11-12-6-5-9-17-10-12/h5-6,9-10H,4,7-8,11H2,1-3H3,(H,18,21). The van der Waals surface area contributed by atoms with Crippen molar-refractivity contribution >= 4 is 5.91 Å². The molecule has 1 amide bonds. The third-order valence-electron chi connectivity index (χ3n) is 3.15. The zero-order valence-electron chi connectivity index (χ0n) is 13.3. The van der Waals surface area contributed by atoms with Gasteiger partial charge in [0.1, 0.15) is 0 Å². The Kier molecular flexibility index (Phi) is 5.25. The summed E-state index contributed by atoms with van der Waals surface area (Å²) in [5, 5.41) is 6.84. The van der Waals surface area contributed by atoms with Crippen LogP contribution in [0.3, 0.4) is 0 Å². The van der Waals surface area contributed by atoms with Crippen LogP contribution in [0.15, 0.2) is 29.0 Å². The number of amides is 1. The van der Waals surface area contributed by atoms with Crippen molar-refractivity contribution in [2.45, 2.75) is 52.0 Å². The molecule has 2 rings (SSSR count). The van der Waals surface area contributed by atoms with Crippen LogP contribution in [0.25, 0.3) is 0 Å². The minimum atomic E-state index is -0.122. The van der Waals surface area contributed by atoms with Gasteiger partial charge in [-0.05, 0) is 18.1 Å². The van der Waals surface area contributed by atoms with E-state index in [1.54, 1.807) is 12.4 Å². The van der Waals surface area contributed by atoms with Gasteiger partial charge in [-0.1, -0.05) is 32.0 Å². The van der Waals surface area contributed by atoms with Gasteiger partial charge in [-0.2, -0.15) is 4.98 Å². The number of nitrogens with zero attached hydrogens (tertiary/aromatic N) is 3. The molecule has 0 aliphatic carbocycles. The number of carbonyl (C=O) groups excluding carboxylic acids is 1. The molecule has 6 heteroatoms. The van der Waals surface area contributed by atoms with E-state index >= 15 is 0 Å². The van der Waals surface area contributed by atoms with Gasteiger partial charge in [0.15, 0.2) is 5.82 Å². The molecule has 0 unspecified atom stereocenters. The SMILES string of the molecule is CC(C)(C)c1noc(CCCC(=O)NCc2cccnc2)n1. The Labute approximate surface area is 130 Å². The highest BCUT2D eigenvalue weighted by atomic mass is 16.5. The molecule has 0 bridgehead atoms. The summed E-state index contributed by atoms with van der Waals surface area (Å²) in [7, 11) is 0. The van der Waals surface area contributed by atoms with Gasteiger partial charge < -0.3 is 9.84 Å². The van der Waals surface area contributed by atoms with Crippen LogP contribution in [0.2, 0.25) is 0 Å². The monoisotopic (exact) mass is 302 g/mol. The second-order valence-corrected chi connectivity index (χ2v) is 6.25. The van der Waals surface area contributed by atoms with Crippen LogP contribution in [-0.2, 0) is 23.2 Å².